The van der Waals surface area contributed by atoms with Crippen LogP contribution in [0.15, 0.2) is 64.0 Å². The fourth-order valence-electron chi connectivity index (χ4n) is 4.25. The van der Waals surface area contributed by atoms with Crippen LogP contribution < -0.4 is 14.4 Å². The summed E-state index contributed by atoms with van der Waals surface area (Å²) in [4.78, 5) is 24.7. The maximum atomic E-state index is 13.9. The molecule has 1 aliphatic heterocycles. The van der Waals surface area contributed by atoms with Gasteiger partial charge in [0.2, 0.25) is 0 Å². The molecule has 12 heteroatoms. The van der Waals surface area contributed by atoms with E-state index in [1.807, 2.05) is 0 Å². The minimum absolute atomic E-state index is 0.0726. The number of carbonyl (C=O) groups excluding carboxylic acids is 1. The van der Waals surface area contributed by atoms with Crippen LogP contribution in [0.2, 0.25) is 0 Å². The molecular formula is C26H27BrN2O7S2. The molecule has 4 rings (SSSR count). The molecule has 202 valence electrons. The number of sulfonamides is 1. The third-order valence-corrected chi connectivity index (χ3v) is 10.0. The highest BCUT2D eigenvalue weighted by atomic mass is 79.9. The van der Waals surface area contributed by atoms with Crippen molar-refractivity contribution in [2.75, 3.05) is 30.6 Å². The summed E-state index contributed by atoms with van der Waals surface area (Å²) in [5.41, 5.74) is 1.13. The van der Waals surface area contributed by atoms with Crippen LogP contribution in [0.25, 0.3) is 10.4 Å². The van der Waals surface area contributed by atoms with Gasteiger partial charge >= 0.3 is 11.9 Å². The van der Waals surface area contributed by atoms with Crippen molar-refractivity contribution in [2.45, 2.75) is 30.7 Å². The Balaban J connectivity index is 1.81. The van der Waals surface area contributed by atoms with Crippen molar-refractivity contribution in [1.82, 2.24) is 5.32 Å². The number of hydrogen-bond donors (Lipinski definition) is 2. The van der Waals surface area contributed by atoms with Crippen LogP contribution in [-0.4, -0.2) is 57.8 Å². The number of nitrogens with one attached hydrogen (secondary N) is 1. The topological polar surface area (TPSA) is 122 Å². The average molecular weight is 624 g/mol. The van der Waals surface area contributed by atoms with E-state index in [4.69, 9.17) is 14.6 Å². The number of carboxylic acids is 1. The predicted molar refractivity (Wildman–Crippen MR) is 149 cm³/mol. The zero-order chi connectivity index (χ0) is 27.3. The van der Waals surface area contributed by atoms with Crippen LogP contribution in [0, 0.1) is 0 Å². The Morgan fingerprint density at radius 2 is 1.84 bits per heavy atom. The Morgan fingerprint density at radius 3 is 2.50 bits per heavy atom. The summed E-state index contributed by atoms with van der Waals surface area (Å²) in [6.07, 6.45) is 1.30. The summed E-state index contributed by atoms with van der Waals surface area (Å²) in [5.74, 6) is -1.75. The highest BCUT2D eigenvalue weighted by molar-refractivity contribution is 9.10. The summed E-state index contributed by atoms with van der Waals surface area (Å²) in [6.45, 7) is 2.58. The van der Waals surface area contributed by atoms with E-state index in [0.29, 0.717) is 46.5 Å². The van der Waals surface area contributed by atoms with Crippen LogP contribution in [0.4, 0.5) is 5.69 Å². The summed E-state index contributed by atoms with van der Waals surface area (Å²) < 4.78 is 40.2. The molecule has 9 nitrogen and oxygen atoms in total. The maximum absolute atomic E-state index is 13.9. The van der Waals surface area contributed by atoms with Crippen molar-refractivity contribution in [3.63, 3.8) is 0 Å². The van der Waals surface area contributed by atoms with Gasteiger partial charge in [-0.25, -0.2) is 18.0 Å². The zero-order valence-electron chi connectivity index (χ0n) is 20.6. The normalized spacial score (nSPS) is 14.2. The van der Waals surface area contributed by atoms with Gasteiger partial charge in [0, 0.05) is 6.04 Å². The number of benzene rings is 2. The maximum Gasteiger partial charge on any atom is 0.352 e. The van der Waals surface area contributed by atoms with E-state index in [1.165, 1.54) is 4.31 Å². The van der Waals surface area contributed by atoms with Gasteiger partial charge in [0.15, 0.2) is 17.2 Å². The third-order valence-electron chi connectivity index (χ3n) is 5.91. The van der Waals surface area contributed by atoms with Gasteiger partial charge in [-0.3, -0.25) is 4.31 Å². The molecule has 1 aliphatic rings. The van der Waals surface area contributed by atoms with E-state index in [0.717, 1.165) is 11.3 Å². The Bertz CT molecular complexity index is 1400. The van der Waals surface area contributed by atoms with E-state index in [1.54, 1.807) is 61.5 Å². The van der Waals surface area contributed by atoms with E-state index in [-0.39, 0.29) is 28.2 Å². The first-order valence-electron chi connectivity index (χ1n) is 12.0. The molecule has 0 unspecified atom stereocenters. The minimum atomic E-state index is -3.87. The lowest BCUT2D eigenvalue weighted by molar-refractivity contribution is -0.139. The number of thiophene rings is 1. The number of halogens is 1. The van der Waals surface area contributed by atoms with E-state index < -0.39 is 28.6 Å². The molecule has 0 saturated carbocycles. The van der Waals surface area contributed by atoms with E-state index in [2.05, 4.69) is 21.2 Å². The molecule has 1 fully saturated rings. The summed E-state index contributed by atoms with van der Waals surface area (Å²) in [7, 11) is -3.87. The predicted octanol–water partition coefficient (Wildman–Crippen LogP) is 4.77. The van der Waals surface area contributed by atoms with Crippen molar-refractivity contribution >= 4 is 54.9 Å². The average Bonchev–Trinajstić information content (AvgIpc) is 3.25. The van der Waals surface area contributed by atoms with Gasteiger partial charge in [-0.15, -0.1) is 11.3 Å². The highest BCUT2D eigenvalue weighted by Gasteiger charge is 2.33. The molecule has 0 bridgehead atoms. The number of carboxylic acid groups (broad SMARTS) is 1. The van der Waals surface area contributed by atoms with Crippen molar-refractivity contribution in [3.8, 4) is 16.2 Å². The Labute approximate surface area is 233 Å². The number of esters is 1. The van der Waals surface area contributed by atoms with Crippen molar-refractivity contribution in [1.29, 1.82) is 0 Å². The molecule has 2 heterocycles. The lowest BCUT2D eigenvalue weighted by atomic mass is 10.1. The van der Waals surface area contributed by atoms with Crippen molar-refractivity contribution in [2.24, 2.45) is 0 Å². The second-order valence-electron chi connectivity index (χ2n) is 8.45. The number of ether oxygens (including phenoxy) is 2. The molecule has 0 aliphatic carbocycles. The van der Waals surface area contributed by atoms with Crippen LogP contribution in [-0.2, 0) is 19.6 Å². The van der Waals surface area contributed by atoms with Gasteiger partial charge in [0.05, 0.1) is 26.5 Å². The third kappa shape index (κ3) is 6.04. The first-order valence-corrected chi connectivity index (χ1v) is 15.0. The Morgan fingerprint density at radius 1 is 1.13 bits per heavy atom. The lowest BCUT2D eigenvalue weighted by Gasteiger charge is -2.35. The number of rotatable bonds is 10. The molecule has 3 aromatic rings. The summed E-state index contributed by atoms with van der Waals surface area (Å²) in [6, 6.07) is 15.2. The van der Waals surface area contributed by atoms with Gasteiger partial charge in [-0.1, -0.05) is 30.3 Å². The van der Waals surface area contributed by atoms with E-state index >= 15 is 0 Å². The van der Waals surface area contributed by atoms with Crippen LogP contribution in [0.1, 0.15) is 29.4 Å². The molecular weight excluding hydrogens is 596 g/mol. The van der Waals surface area contributed by atoms with Crippen LogP contribution >= 0.6 is 27.3 Å². The van der Waals surface area contributed by atoms with Gasteiger partial charge < -0.3 is 19.9 Å². The number of piperidine rings is 1. The SMILES string of the molecule is CCOC(=O)c1sc(-c2cccc(N(C3CCNCC3)S(=O)(=O)c3ccccc3)c2)c(Br)c1OCC(=O)O. The summed E-state index contributed by atoms with van der Waals surface area (Å²) in [5, 5.41) is 12.4. The van der Waals surface area contributed by atoms with Gasteiger partial charge in [-0.05, 0) is 78.6 Å². The molecule has 0 radical (unpaired) electrons. The van der Waals surface area contributed by atoms with Crippen molar-refractivity contribution in [3.05, 3.63) is 63.9 Å². The largest absolute Gasteiger partial charge is 0.479 e. The van der Waals surface area contributed by atoms with Crippen LogP contribution in [0.5, 0.6) is 5.75 Å². The standard InChI is InChI=1S/C26H27BrN2O7S2/c1-2-35-26(32)25-23(36-16-21(30)31)22(27)24(37-25)17-7-6-8-19(15-17)29(18-11-13-28-14-12-18)38(33,34)20-9-4-3-5-10-20/h3-10,15,18,28H,2,11-14,16H2,1H3,(H,30,31). The Kier molecular flexibility index (Phi) is 9.08. The zero-order valence-corrected chi connectivity index (χ0v) is 23.8. The molecule has 0 atom stereocenters. The second-order valence-corrected chi connectivity index (χ2v) is 12.1. The second kappa shape index (κ2) is 12.3. The van der Waals surface area contributed by atoms with Gasteiger partial charge in [0.1, 0.15) is 0 Å². The van der Waals surface area contributed by atoms with E-state index in [9.17, 15) is 18.0 Å². The molecule has 0 amide bonds. The fraction of sp³-hybridized carbons (Fsp3) is 0.308. The summed E-state index contributed by atoms with van der Waals surface area (Å²) >= 11 is 4.55. The molecule has 2 N–H and O–H groups in total. The van der Waals surface area contributed by atoms with Gasteiger partial charge in [0.25, 0.3) is 10.0 Å². The smallest absolute Gasteiger partial charge is 0.352 e. The molecule has 1 saturated heterocycles. The number of nitrogens with zero attached hydrogens (tertiary/aromatic N) is 1. The monoisotopic (exact) mass is 622 g/mol. The number of carbonyl (C=O) groups is 2. The lowest BCUT2D eigenvalue weighted by Crippen LogP contribution is -2.46. The molecule has 38 heavy (non-hydrogen) atoms. The molecule has 2 aromatic carbocycles. The minimum Gasteiger partial charge on any atom is -0.479 e. The quantitative estimate of drug-likeness (QED) is 0.310. The first-order chi connectivity index (χ1) is 18.2. The van der Waals surface area contributed by atoms with Gasteiger partial charge in [-0.2, -0.15) is 0 Å². The highest BCUT2D eigenvalue weighted by Crippen LogP contribution is 2.47. The Hall–Kier alpha value is -2.93. The van der Waals surface area contributed by atoms with Crippen LogP contribution in [0.3, 0.4) is 0 Å². The van der Waals surface area contributed by atoms with Crippen molar-refractivity contribution < 1.29 is 32.6 Å². The molecule has 1 aromatic heterocycles. The fourth-order valence-corrected chi connectivity index (χ4v) is 7.92. The molecule has 0 spiro atoms. The first kappa shape index (κ1) is 28.1. The number of aliphatic carboxylic acids is 1. The number of hydrogen-bond acceptors (Lipinski definition) is 8. The number of anilines is 1.